The molecule has 7 heteroatoms. The third-order valence-electron chi connectivity index (χ3n) is 4.04. The predicted octanol–water partition coefficient (Wildman–Crippen LogP) is 2.13. The number of amides is 1. The van der Waals surface area contributed by atoms with Gasteiger partial charge in [0, 0.05) is 37.6 Å². The zero-order valence-corrected chi connectivity index (χ0v) is 13.8. The van der Waals surface area contributed by atoms with Gasteiger partial charge in [-0.15, -0.1) is 11.3 Å². The Kier molecular flexibility index (Phi) is 4.58. The molecule has 2 N–H and O–H groups in total. The van der Waals surface area contributed by atoms with Crippen molar-refractivity contribution in [3.8, 4) is 0 Å². The average Bonchev–Trinajstić information content (AvgIpc) is 2.85. The number of aromatic nitrogens is 1. The number of hydrogen-bond acceptors (Lipinski definition) is 5. The summed E-state index contributed by atoms with van der Waals surface area (Å²) in [7, 11) is 0. The number of nitrogen functional groups attached to an aromatic ring is 1. The lowest BCUT2D eigenvalue weighted by molar-refractivity contribution is 0.0625. The molecule has 2 heterocycles. The number of nitrogens with zero attached hydrogens (tertiary/aromatic N) is 3. The van der Waals surface area contributed by atoms with E-state index in [-0.39, 0.29) is 11.5 Å². The lowest BCUT2D eigenvalue weighted by Gasteiger charge is -2.34. The van der Waals surface area contributed by atoms with Crippen LogP contribution in [0.3, 0.4) is 0 Å². The fraction of sp³-hybridized carbons (Fsp3) is 0.375. The van der Waals surface area contributed by atoms with Gasteiger partial charge in [-0.05, 0) is 19.1 Å². The van der Waals surface area contributed by atoms with Gasteiger partial charge in [-0.25, -0.2) is 9.37 Å². The molecule has 1 amide bonds. The average molecular weight is 334 g/mol. The van der Waals surface area contributed by atoms with Gasteiger partial charge in [-0.1, -0.05) is 12.1 Å². The number of hydrogen-bond donors (Lipinski definition) is 1. The fourth-order valence-corrected chi connectivity index (χ4v) is 3.59. The Morgan fingerprint density at radius 1 is 1.30 bits per heavy atom. The molecule has 122 valence electrons. The lowest BCUT2D eigenvalue weighted by Crippen LogP contribution is -2.48. The fourth-order valence-electron chi connectivity index (χ4n) is 2.71. The number of nitrogens with two attached hydrogens (primary N) is 1. The van der Waals surface area contributed by atoms with Crippen molar-refractivity contribution in [2.24, 2.45) is 0 Å². The first kappa shape index (κ1) is 15.9. The molecular weight excluding hydrogens is 315 g/mol. The summed E-state index contributed by atoms with van der Waals surface area (Å²) < 4.78 is 13.7. The molecule has 1 aromatic carbocycles. The van der Waals surface area contributed by atoms with Gasteiger partial charge in [-0.2, -0.15) is 0 Å². The first-order valence-corrected chi connectivity index (χ1v) is 8.34. The van der Waals surface area contributed by atoms with E-state index in [9.17, 15) is 9.18 Å². The Hall–Kier alpha value is -1.99. The molecule has 0 aliphatic carbocycles. The second-order valence-corrected chi connectivity index (χ2v) is 6.72. The number of carbonyl (C=O) groups is 1. The molecule has 1 fully saturated rings. The number of thiazole rings is 1. The first-order valence-electron chi connectivity index (χ1n) is 7.52. The lowest BCUT2D eigenvalue weighted by atomic mass is 10.1. The minimum Gasteiger partial charge on any atom is -0.375 e. The number of piperazine rings is 1. The molecule has 0 atom stereocenters. The molecule has 5 nitrogen and oxygen atoms in total. The molecule has 1 saturated heterocycles. The zero-order valence-electron chi connectivity index (χ0n) is 13.0. The van der Waals surface area contributed by atoms with Gasteiger partial charge in [-0.3, -0.25) is 9.69 Å². The summed E-state index contributed by atoms with van der Waals surface area (Å²) >= 11 is 1.51. The van der Waals surface area contributed by atoms with E-state index in [0.29, 0.717) is 18.2 Å². The molecule has 0 spiro atoms. The van der Waals surface area contributed by atoms with Gasteiger partial charge < -0.3 is 10.6 Å². The molecule has 0 bridgehead atoms. The zero-order chi connectivity index (χ0) is 16.4. The highest BCUT2D eigenvalue weighted by molar-refractivity contribution is 7.15. The van der Waals surface area contributed by atoms with Gasteiger partial charge in [0.15, 0.2) is 5.13 Å². The van der Waals surface area contributed by atoms with Crippen molar-refractivity contribution in [1.82, 2.24) is 14.8 Å². The highest BCUT2D eigenvalue weighted by Crippen LogP contribution is 2.22. The first-order chi connectivity index (χ1) is 11.0. The smallest absolute Gasteiger partial charge is 0.256 e. The Morgan fingerprint density at radius 2 is 2.00 bits per heavy atom. The summed E-state index contributed by atoms with van der Waals surface area (Å²) in [5.41, 5.74) is 6.84. The molecule has 1 aromatic heterocycles. The summed E-state index contributed by atoms with van der Waals surface area (Å²) in [5.74, 6) is -0.698. The molecule has 0 radical (unpaired) electrons. The minimum absolute atomic E-state index is 0.145. The van der Waals surface area contributed by atoms with Crippen LogP contribution < -0.4 is 5.73 Å². The van der Waals surface area contributed by atoms with Gasteiger partial charge >= 0.3 is 0 Å². The van der Waals surface area contributed by atoms with Crippen LogP contribution in [0.1, 0.15) is 20.9 Å². The molecule has 3 rings (SSSR count). The van der Waals surface area contributed by atoms with Crippen molar-refractivity contribution in [1.29, 1.82) is 0 Å². The molecule has 0 saturated carbocycles. The summed E-state index contributed by atoms with van der Waals surface area (Å²) in [4.78, 5) is 21.8. The van der Waals surface area contributed by atoms with E-state index in [1.807, 2.05) is 6.92 Å². The third kappa shape index (κ3) is 3.51. The van der Waals surface area contributed by atoms with E-state index < -0.39 is 5.82 Å². The second-order valence-electron chi connectivity index (χ2n) is 5.61. The Bertz CT molecular complexity index is 710. The molecule has 2 aromatic rings. The summed E-state index contributed by atoms with van der Waals surface area (Å²) in [6.07, 6.45) is 0. The summed E-state index contributed by atoms with van der Waals surface area (Å²) in [5, 5.41) is 0.589. The Balaban J connectivity index is 1.59. The third-order valence-corrected chi connectivity index (χ3v) is 5.01. The molecule has 23 heavy (non-hydrogen) atoms. The maximum absolute atomic E-state index is 13.7. The van der Waals surface area contributed by atoms with E-state index in [1.165, 1.54) is 23.5 Å². The van der Waals surface area contributed by atoms with Crippen LogP contribution in [-0.2, 0) is 6.54 Å². The molecule has 0 unspecified atom stereocenters. The van der Waals surface area contributed by atoms with Crippen molar-refractivity contribution in [2.45, 2.75) is 13.5 Å². The van der Waals surface area contributed by atoms with E-state index in [1.54, 1.807) is 17.0 Å². The summed E-state index contributed by atoms with van der Waals surface area (Å²) in [6, 6.07) is 6.13. The van der Waals surface area contributed by atoms with Crippen LogP contribution >= 0.6 is 11.3 Å². The maximum atomic E-state index is 13.7. The maximum Gasteiger partial charge on any atom is 0.256 e. The van der Waals surface area contributed by atoms with Crippen LogP contribution in [-0.4, -0.2) is 46.9 Å². The van der Waals surface area contributed by atoms with Crippen LogP contribution in [0.2, 0.25) is 0 Å². The second kappa shape index (κ2) is 6.64. The van der Waals surface area contributed by atoms with Crippen LogP contribution in [0.25, 0.3) is 0 Å². The number of aryl methyl sites for hydroxylation is 1. The van der Waals surface area contributed by atoms with E-state index in [0.717, 1.165) is 30.2 Å². The summed E-state index contributed by atoms with van der Waals surface area (Å²) in [6.45, 7) is 5.47. The van der Waals surface area contributed by atoms with Gasteiger partial charge in [0.1, 0.15) is 5.82 Å². The van der Waals surface area contributed by atoms with E-state index in [4.69, 9.17) is 5.73 Å². The molecule has 1 aliphatic rings. The van der Waals surface area contributed by atoms with Crippen molar-refractivity contribution in [3.05, 3.63) is 46.2 Å². The van der Waals surface area contributed by atoms with Crippen molar-refractivity contribution < 1.29 is 9.18 Å². The van der Waals surface area contributed by atoms with Gasteiger partial charge in [0.25, 0.3) is 5.91 Å². The number of anilines is 1. The number of carbonyl (C=O) groups excluding carboxylic acids is 1. The highest BCUT2D eigenvalue weighted by Gasteiger charge is 2.24. The van der Waals surface area contributed by atoms with Crippen LogP contribution in [0.5, 0.6) is 0 Å². The van der Waals surface area contributed by atoms with Crippen LogP contribution in [0, 0.1) is 12.7 Å². The number of benzene rings is 1. The van der Waals surface area contributed by atoms with Crippen LogP contribution in [0.4, 0.5) is 9.52 Å². The van der Waals surface area contributed by atoms with Crippen molar-refractivity contribution >= 4 is 22.4 Å². The molecule has 1 aliphatic heterocycles. The van der Waals surface area contributed by atoms with Crippen molar-refractivity contribution in [2.75, 3.05) is 31.9 Å². The quantitative estimate of drug-likeness (QED) is 0.934. The van der Waals surface area contributed by atoms with Crippen molar-refractivity contribution in [3.63, 3.8) is 0 Å². The van der Waals surface area contributed by atoms with Gasteiger partial charge in [0.2, 0.25) is 0 Å². The molecular formula is C16H19FN4OS. The van der Waals surface area contributed by atoms with E-state index in [2.05, 4.69) is 9.88 Å². The Labute approximate surface area is 138 Å². The number of rotatable bonds is 3. The SMILES string of the molecule is Cc1nc(N)sc1CN1CCN(C(=O)c2ccccc2F)CC1. The minimum atomic E-state index is -0.462. The highest BCUT2D eigenvalue weighted by atomic mass is 32.1. The Morgan fingerprint density at radius 3 is 2.61 bits per heavy atom. The van der Waals surface area contributed by atoms with E-state index >= 15 is 0 Å². The standard InChI is InChI=1S/C16H19FN4OS/c1-11-14(23-16(18)19-11)10-20-6-8-21(9-7-20)15(22)12-4-2-3-5-13(12)17/h2-5H,6-10H2,1H3,(H2,18,19). The number of halogens is 1. The topological polar surface area (TPSA) is 62.5 Å². The van der Waals surface area contributed by atoms with Gasteiger partial charge in [0.05, 0.1) is 11.3 Å². The van der Waals surface area contributed by atoms with Crippen LogP contribution in [0.15, 0.2) is 24.3 Å². The predicted molar refractivity (Wildman–Crippen MR) is 88.8 cm³/mol. The monoisotopic (exact) mass is 334 g/mol. The normalized spacial score (nSPS) is 15.8. The largest absolute Gasteiger partial charge is 0.375 e.